The molecule has 1 N–H and O–H groups in total. The highest BCUT2D eigenvalue weighted by molar-refractivity contribution is 4.80. The van der Waals surface area contributed by atoms with E-state index in [0.717, 1.165) is 0 Å². The molecule has 0 radical (unpaired) electrons. The quantitative estimate of drug-likeness (QED) is 0.642. The molecule has 0 saturated carbocycles. The van der Waals surface area contributed by atoms with E-state index in [4.69, 9.17) is 14.2 Å². The first-order chi connectivity index (χ1) is 6.43. The average Bonchev–Trinajstić information content (AvgIpc) is 2.04. The van der Waals surface area contributed by atoms with Gasteiger partial charge in [-0.25, -0.2) is 0 Å². The van der Waals surface area contributed by atoms with Gasteiger partial charge in [0.15, 0.2) is 0 Å². The lowest BCUT2D eigenvalue weighted by Crippen LogP contribution is -2.56. The summed E-state index contributed by atoms with van der Waals surface area (Å²) in [5.74, 6) is -1.67. The van der Waals surface area contributed by atoms with Crippen molar-refractivity contribution in [1.29, 1.82) is 0 Å². The van der Waals surface area contributed by atoms with Crippen LogP contribution in [0.2, 0.25) is 0 Å². The van der Waals surface area contributed by atoms with Gasteiger partial charge in [0.25, 0.3) is 0 Å². The largest absolute Gasteiger partial charge is 0.367 e. The zero-order chi connectivity index (χ0) is 11.2. The molecule has 4 nitrogen and oxygen atoms in total. The van der Waals surface area contributed by atoms with E-state index >= 15 is 0 Å². The van der Waals surface area contributed by atoms with Crippen molar-refractivity contribution in [2.24, 2.45) is 0 Å². The molecule has 0 aliphatic heterocycles. The third-order valence-corrected chi connectivity index (χ3v) is 1.95. The van der Waals surface area contributed by atoms with Crippen molar-refractivity contribution in [2.45, 2.75) is 46.2 Å². The first-order valence-electron chi connectivity index (χ1n) is 5.07. The molecule has 0 aromatic heterocycles. The minimum atomic E-state index is -1.67. The molecule has 0 aromatic rings. The molecule has 0 aliphatic rings. The molecular weight excluding hydrogens is 184 g/mol. The molecule has 0 aliphatic carbocycles. The summed E-state index contributed by atoms with van der Waals surface area (Å²) in [7, 11) is 0. The zero-order valence-electron chi connectivity index (χ0n) is 9.79. The lowest BCUT2D eigenvalue weighted by molar-refractivity contribution is -0.422. The van der Waals surface area contributed by atoms with Crippen molar-refractivity contribution in [3.05, 3.63) is 0 Å². The molecule has 0 aromatic carbocycles. The zero-order valence-corrected chi connectivity index (χ0v) is 9.79. The molecule has 0 bridgehead atoms. The molecule has 86 valence electrons. The van der Waals surface area contributed by atoms with Crippen LogP contribution in [0.1, 0.15) is 34.6 Å². The van der Waals surface area contributed by atoms with Crippen LogP contribution in [0, 0.1) is 0 Å². The highest BCUT2D eigenvalue weighted by atomic mass is 16.8. The van der Waals surface area contributed by atoms with E-state index in [1.54, 1.807) is 27.7 Å². The Hall–Kier alpha value is -0.160. The first-order valence-corrected chi connectivity index (χ1v) is 5.07. The lowest BCUT2D eigenvalue weighted by atomic mass is 10.1. The van der Waals surface area contributed by atoms with Crippen molar-refractivity contribution in [2.75, 3.05) is 19.8 Å². The Balaban J connectivity index is 4.59. The van der Waals surface area contributed by atoms with Gasteiger partial charge in [0.05, 0.1) is 0 Å². The van der Waals surface area contributed by atoms with Crippen molar-refractivity contribution in [1.82, 2.24) is 0 Å². The molecule has 14 heavy (non-hydrogen) atoms. The van der Waals surface area contributed by atoms with Crippen LogP contribution >= 0.6 is 0 Å². The summed E-state index contributed by atoms with van der Waals surface area (Å²) >= 11 is 0. The number of hydrogen-bond donors (Lipinski definition) is 1. The predicted octanol–water partition coefficient (Wildman–Crippen LogP) is 1.52. The molecule has 0 heterocycles. The Morgan fingerprint density at radius 1 is 0.857 bits per heavy atom. The molecule has 0 amide bonds. The summed E-state index contributed by atoms with van der Waals surface area (Å²) in [5, 5.41) is 10.1. The van der Waals surface area contributed by atoms with E-state index in [-0.39, 0.29) is 0 Å². The van der Waals surface area contributed by atoms with Gasteiger partial charge >= 0.3 is 5.97 Å². The molecule has 0 unspecified atom stereocenters. The molecule has 0 spiro atoms. The van der Waals surface area contributed by atoms with Gasteiger partial charge < -0.3 is 19.3 Å². The SMILES string of the molecule is CCOC(C)(C)C(O)(OCC)OCC. The van der Waals surface area contributed by atoms with E-state index in [2.05, 4.69) is 0 Å². The standard InChI is InChI=1S/C10H22O4/c1-6-12-9(4,5)10(11,13-7-2)14-8-3/h11H,6-8H2,1-5H3. The average molecular weight is 206 g/mol. The molecule has 0 fully saturated rings. The lowest BCUT2D eigenvalue weighted by Gasteiger charge is -2.40. The maximum atomic E-state index is 10.1. The third-order valence-electron chi connectivity index (χ3n) is 1.95. The summed E-state index contributed by atoms with van der Waals surface area (Å²) in [6.45, 7) is 10.2. The Labute approximate surface area is 86.2 Å². The van der Waals surface area contributed by atoms with Crippen LogP contribution in [0.5, 0.6) is 0 Å². The first kappa shape index (κ1) is 13.8. The fourth-order valence-corrected chi connectivity index (χ4v) is 1.23. The van der Waals surface area contributed by atoms with Crippen molar-refractivity contribution < 1.29 is 19.3 Å². The third kappa shape index (κ3) is 3.20. The van der Waals surface area contributed by atoms with Crippen LogP contribution in [0.25, 0.3) is 0 Å². The van der Waals surface area contributed by atoms with Crippen molar-refractivity contribution in [3.63, 3.8) is 0 Å². The van der Waals surface area contributed by atoms with E-state index in [9.17, 15) is 5.11 Å². The number of rotatable bonds is 7. The van der Waals surface area contributed by atoms with Crippen LogP contribution in [0.3, 0.4) is 0 Å². The van der Waals surface area contributed by atoms with Crippen molar-refractivity contribution >= 4 is 0 Å². The summed E-state index contributed by atoms with van der Waals surface area (Å²) in [4.78, 5) is 0. The van der Waals surface area contributed by atoms with E-state index in [1.807, 2.05) is 6.92 Å². The second-order valence-electron chi connectivity index (χ2n) is 3.39. The summed E-state index contributed by atoms with van der Waals surface area (Å²) < 4.78 is 15.8. The Morgan fingerprint density at radius 3 is 1.50 bits per heavy atom. The van der Waals surface area contributed by atoms with Crippen LogP contribution in [0.15, 0.2) is 0 Å². The monoisotopic (exact) mass is 206 g/mol. The Bertz CT molecular complexity index is 150. The maximum absolute atomic E-state index is 10.1. The summed E-state index contributed by atoms with van der Waals surface area (Å²) in [5.41, 5.74) is -0.881. The van der Waals surface area contributed by atoms with Crippen LogP contribution in [-0.4, -0.2) is 36.5 Å². The molecule has 0 saturated heterocycles. The fraction of sp³-hybridized carbons (Fsp3) is 1.00. The second kappa shape index (κ2) is 5.66. The van der Waals surface area contributed by atoms with Crippen LogP contribution < -0.4 is 0 Å². The minimum absolute atomic E-state index is 0.368. The highest BCUT2D eigenvalue weighted by Gasteiger charge is 2.47. The summed E-state index contributed by atoms with van der Waals surface area (Å²) in [6.07, 6.45) is 0. The van der Waals surface area contributed by atoms with Gasteiger partial charge in [-0.3, -0.25) is 0 Å². The molecule has 4 heteroatoms. The topological polar surface area (TPSA) is 47.9 Å². The minimum Gasteiger partial charge on any atom is -0.367 e. The van der Waals surface area contributed by atoms with E-state index in [1.165, 1.54) is 0 Å². The highest BCUT2D eigenvalue weighted by Crippen LogP contribution is 2.28. The Morgan fingerprint density at radius 2 is 1.21 bits per heavy atom. The van der Waals surface area contributed by atoms with Gasteiger partial charge in [-0.15, -0.1) is 0 Å². The second-order valence-corrected chi connectivity index (χ2v) is 3.39. The normalized spacial score (nSPS) is 13.3. The van der Waals surface area contributed by atoms with Crippen molar-refractivity contribution in [3.8, 4) is 0 Å². The number of hydrogen-bond acceptors (Lipinski definition) is 4. The molecule has 0 atom stereocenters. The van der Waals surface area contributed by atoms with Gasteiger partial charge in [-0.05, 0) is 34.6 Å². The van der Waals surface area contributed by atoms with E-state index < -0.39 is 11.6 Å². The number of aliphatic hydroxyl groups is 1. The molecular formula is C10H22O4. The predicted molar refractivity (Wildman–Crippen MR) is 53.9 cm³/mol. The van der Waals surface area contributed by atoms with Crippen LogP contribution in [-0.2, 0) is 14.2 Å². The smallest absolute Gasteiger partial charge is 0.310 e. The fourth-order valence-electron chi connectivity index (χ4n) is 1.23. The number of ether oxygens (including phenoxy) is 3. The Kier molecular flexibility index (Phi) is 5.59. The summed E-state index contributed by atoms with van der Waals surface area (Å²) in [6, 6.07) is 0. The van der Waals surface area contributed by atoms with Gasteiger partial charge in [0.1, 0.15) is 5.60 Å². The van der Waals surface area contributed by atoms with Gasteiger partial charge in [-0.2, -0.15) is 0 Å². The molecule has 0 rings (SSSR count). The van der Waals surface area contributed by atoms with E-state index in [0.29, 0.717) is 19.8 Å². The maximum Gasteiger partial charge on any atom is 0.310 e. The van der Waals surface area contributed by atoms with Gasteiger partial charge in [0, 0.05) is 19.8 Å². The van der Waals surface area contributed by atoms with Gasteiger partial charge in [0.2, 0.25) is 0 Å². The van der Waals surface area contributed by atoms with Crippen LogP contribution in [0.4, 0.5) is 0 Å². The van der Waals surface area contributed by atoms with Gasteiger partial charge in [-0.1, -0.05) is 0 Å².